The van der Waals surface area contributed by atoms with E-state index in [1.165, 1.54) is 18.2 Å². The second-order valence-electron chi connectivity index (χ2n) is 5.34. The molecule has 1 aromatic carbocycles. The SMILES string of the molecule is CC(C)[C@H](NS(=O)(=O)c1ccc2c(c1)OCCCO2)C(=O)O. The van der Waals surface area contributed by atoms with Crippen molar-refractivity contribution < 1.29 is 27.8 Å². The molecule has 0 radical (unpaired) electrons. The van der Waals surface area contributed by atoms with Crippen molar-refractivity contribution in [2.75, 3.05) is 13.2 Å². The van der Waals surface area contributed by atoms with Crippen LogP contribution in [0.2, 0.25) is 0 Å². The summed E-state index contributed by atoms with van der Waals surface area (Å²) in [5.74, 6) is -0.771. The molecular formula is C14H19NO6S. The molecule has 122 valence electrons. The van der Waals surface area contributed by atoms with Crippen LogP contribution in [0.1, 0.15) is 20.3 Å². The third-order valence-corrected chi connectivity index (χ3v) is 4.68. The number of fused-ring (bicyclic) bond motifs is 1. The summed E-state index contributed by atoms with van der Waals surface area (Å²) < 4.78 is 37.8. The number of sulfonamides is 1. The number of carboxylic acid groups (broad SMARTS) is 1. The molecule has 1 aliphatic rings. The van der Waals surface area contributed by atoms with Crippen LogP contribution in [0.4, 0.5) is 0 Å². The minimum absolute atomic E-state index is 0.0522. The van der Waals surface area contributed by atoms with Crippen molar-refractivity contribution in [3.8, 4) is 11.5 Å². The standard InChI is InChI=1S/C14H19NO6S/c1-9(2)13(14(16)17)15-22(18,19)10-4-5-11-12(8-10)21-7-3-6-20-11/h4-5,8-9,13,15H,3,6-7H2,1-2H3,(H,16,17)/t13-/m0/s1. The first-order valence-corrected chi connectivity index (χ1v) is 8.44. The van der Waals surface area contributed by atoms with Crippen LogP contribution in [0.5, 0.6) is 11.5 Å². The average Bonchev–Trinajstić information content (AvgIpc) is 2.68. The van der Waals surface area contributed by atoms with Crippen LogP contribution in [0.25, 0.3) is 0 Å². The van der Waals surface area contributed by atoms with Gasteiger partial charge in [0.1, 0.15) is 6.04 Å². The average molecular weight is 329 g/mol. The molecule has 2 rings (SSSR count). The number of nitrogens with one attached hydrogen (secondary N) is 1. The first-order chi connectivity index (χ1) is 10.3. The molecule has 0 aromatic heterocycles. The summed E-state index contributed by atoms with van der Waals surface area (Å²) in [6.07, 6.45) is 0.712. The Bertz CT molecular complexity index is 655. The van der Waals surface area contributed by atoms with Gasteiger partial charge in [-0.05, 0) is 18.1 Å². The first-order valence-electron chi connectivity index (χ1n) is 6.96. The van der Waals surface area contributed by atoms with Crippen LogP contribution in [0.15, 0.2) is 23.1 Å². The van der Waals surface area contributed by atoms with Crippen LogP contribution in [-0.4, -0.2) is 38.7 Å². The summed E-state index contributed by atoms with van der Waals surface area (Å²) in [4.78, 5) is 11.1. The molecule has 0 saturated heterocycles. The summed E-state index contributed by atoms with van der Waals surface area (Å²) in [6, 6.07) is 3.04. The summed E-state index contributed by atoms with van der Waals surface area (Å²) >= 11 is 0. The number of benzene rings is 1. The number of aliphatic carboxylic acids is 1. The largest absolute Gasteiger partial charge is 0.490 e. The summed E-state index contributed by atoms with van der Waals surface area (Å²) in [5.41, 5.74) is 0. The Hall–Kier alpha value is -1.80. The van der Waals surface area contributed by atoms with Crippen LogP contribution in [0.3, 0.4) is 0 Å². The molecule has 0 unspecified atom stereocenters. The molecule has 1 atom stereocenters. The normalized spacial score (nSPS) is 16.1. The van der Waals surface area contributed by atoms with Crippen molar-refractivity contribution in [1.82, 2.24) is 4.72 Å². The number of carbonyl (C=O) groups is 1. The predicted molar refractivity (Wildman–Crippen MR) is 78.6 cm³/mol. The molecule has 7 nitrogen and oxygen atoms in total. The fourth-order valence-electron chi connectivity index (χ4n) is 2.02. The van der Waals surface area contributed by atoms with Crippen molar-refractivity contribution in [3.63, 3.8) is 0 Å². The van der Waals surface area contributed by atoms with Crippen molar-refractivity contribution in [2.24, 2.45) is 5.92 Å². The van der Waals surface area contributed by atoms with E-state index in [1.54, 1.807) is 13.8 Å². The lowest BCUT2D eigenvalue weighted by Crippen LogP contribution is -2.44. The highest BCUT2D eigenvalue weighted by molar-refractivity contribution is 7.89. The molecule has 0 bridgehead atoms. The van der Waals surface area contributed by atoms with E-state index in [0.717, 1.165) is 0 Å². The topological polar surface area (TPSA) is 102 Å². The van der Waals surface area contributed by atoms with E-state index in [-0.39, 0.29) is 10.8 Å². The van der Waals surface area contributed by atoms with Crippen molar-refractivity contribution >= 4 is 16.0 Å². The van der Waals surface area contributed by atoms with Gasteiger partial charge < -0.3 is 14.6 Å². The van der Waals surface area contributed by atoms with Crippen molar-refractivity contribution in [2.45, 2.75) is 31.2 Å². The van der Waals surface area contributed by atoms with Gasteiger partial charge in [0.2, 0.25) is 10.0 Å². The molecule has 22 heavy (non-hydrogen) atoms. The zero-order valence-electron chi connectivity index (χ0n) is 12.4. The number of hydrogen-bond acceptors (Lipinski definition) is 5. The lowest BCUT2D eigenvalue weighted by molar-refractivity contribution is -0.140. The minimum Gasteiger partial charge on any atom is -0.490 e. The fourth-order valence-corrected chi connectivity index (χ4v) is 3.37. The van der Waals surface area contributed by atoms with Crippen LogP contribution in [-0.2, 0) is 14.8 Å². The molecular weight excluding hydrogens is 310 g/mol. The van der Waals surface area contributed by atoms with Crippen molar-refractivity contribution in [1.29, 1.82) is 0 Å². The van der Waals surface area contributed by atoms with Gasteiger partial charge in [-0.15, -0.1) is 0 Å². The maximum absolute atomic E-state index is 12.4. The van der Waals surface area contributed by atoms with Gasteiger partial charge in [0.05, 0.1) is 18.1 Å². The fraction of sp³-hybridized carbons (Fsp3) is 0.500. The molecule has 1 aliphatic heterocycles. The third-order valence-electron chi connectivity index (χ3n) is 3.24. The third kappa shape index (κ3) is 3.69. The number of ether oxygens (including phenoxy) is 2. The zero-order chi connectivity index (χ0) is 16.3. The van der Waals surface area contributed by atoms with Gasteiger partial charge in [0.15, 0.2) is 11.5 Å². The van der Waals surface area contributed by atoms with Gasteiger partial charge in [0, 0.05) is 12.5 Å². The smallest absolute Gasteiger partial charge is 0.322 e. The minimum atomic E-state index is -3.96. The molecule has 0 spiro atoms. The Labute approximate surface area is 129 Å². The molecule has 0 amide bonds. The van der Waals surface area contributed by atoms with Crippen LogP contribution >= 0.6 is 0 Å². The summed E-state index contributed by atoms with van der Waals surface area (Å²) in [7, 11) is -3.96. The Kier molecular flexibility index (Phi) is 4.92. The predicted octanol–water partition coefficient (Wildman–Crippen LogP) is 1.24. The second-order valence-corrected chi connectivity index (χ2v) is 7.05. The van der Waals surface area contributed by atoms with Gasteiger partial charge in [-0.3, -0.25) is 4.79 Å². The molecule has 0 fully saturated rings. The highest BCUT2D eigenvalue weighted by atomic mass is 32.2. The Morgan fingerprint density at radius 3 is 2.45 bits per heavy atom. The Balaban J connectivity index is 2.29. The molecule has 0 saturated carbocycles. The van der Waals surface area contributed by atoms with Gasteiger partial charge in [0.25, 0.3) is 0 Å². The molecule has 2 N–H and O–H groups in total. The Morgan fingerprint density at radius 1 is 1.23 bits per heavy atom. The van der Waals surface area contributed by atoms with E-state index in [1.807, 2.05) is 0 Å². The highest BCUT2D eigenvalue weighted by Crippen LogP contribution is 2.32. The van der Waals surface area contributed by atoms with Crippen LogP contribution in [0, 0.1) is 5.92 Å². The number of carboxylic acids is 1. The van der Waals surface area contributed by atoms with E-state index in [2.05, 4.69) is 4.72 Å². The maximum atomic E-state index is 12.4. The molecule has 0 aliphatic carbocycles. The van der Waals surface area contributed by atoms with Gasteiger partial charge >= 0.3 is 5.97 Å². The van der Waals surface area contributed by atoms with E-state index in [4.69, 9.17) is 14.6 Å². The van der Waals surface area contributed by atoms with E-state index in [9.17, 15) is 13.2 Å². The summed E-state index contributed by atoms with van der Waals surface area (Å²) in [5, 5.41) is 9.11. The zero-order valence-corrected chi connectivity index (χ0v) is 13.2. The second kappa shape index (κ2) is 6.53. The van der Waals surface area contributed by atoms with Crippen LogP contribution < -0.4 is 14.2 Å². The molecule has 1 heterocycles. The number of rotatable bonds is 5. The quantitative estimate of drug-likeness (QED) is 0.842. The molecule has 1 aromatic rings. The van der Waals surface area contributed by atoms with Gasteiger partial charge in [-0.25, -0.2) is 8.42 Å². The van der Waals surface area contributed by atoms with Gasteiger partial charge in [-0.2, -0.15) is 4.72 Å². The molecule has 8 heteroatoms. The Morgan fingerprint density at radius 2 is 1.86 bits per heavy atom. The van der Waals surface area contributed by atoms with E-state index < -0.39 is 22.0 Å². The number of hydrogen-bond donors (Lipinski definition) is 2. The monoisotopic (exact) mass is 329 g/mol. The first kappa shape index (κ1) is 16.6. The van der Waals surface area contributed by atoms with E-state index >= 15 is 0 Å². The van der Waals surface area contributed by atoms with Gasteiger partial charge in [-0.1, -0.05) is 13.8 Å². The van der Waals surface area contributed by atoms with E-state index in [0.29, 0.717) is 31.1 Å². The highest BCUT2D eigenvalue weighted by Gasteiger charge is 2.28. The lowest BCUT2D eigenvalue weighted by Gasteiger charge is -2.18. The van der Waals surface area contributed by atoms with Crippen molar-refractivity contribution in [3.05, 3.63) is 18.2 Å². The lowest BCUT2D eigenvalue weighted by atomic mass is 10.1. The summed E-state index contributed by atoms with van der Waals surface area (Å²) in [6.45, 7) is 4.21. The maximum Gasteiger partial charge on any atom is 0.322 e.